The van der Waals surface area contributed by atoms with E-state index in [-0.39, 0.29) is 0 Å². The summed E-state index contributed by atoms with van der Waals surface area (Å²) in [6.45, 7) is 2.23. The third-order valence-electron chi connectivity index (χ3n) is 3.60. The highest BCUT2D eigenvalue weighted by molar-refractivity contribution is 7.14. The van der Waals surface area contributed by atoms with Crippen LogP contribution >= 0.6 is 11.3 Å². The van der Waals surface area contributed by atoms with Gasteiger partial charge >= 0.3 is 0 Å². The van der Waals surface area contributed by atoms with Crippen LogP contribution in [0.5, 0.6) is 0 Å². The van der Waals surface area contributed by atoms with Crippen LogP contribution in [0.1, 0.15) is 25.3 Å². The molecule has 0 amide bonds. The Hall–Kier alpha value is -2.13. The average molecular weight is 308 g/mol. The van der Waals surface area contributed by atoms with Gasteiger partial charge in [-0.3, -0.25) is 0 Å². The van der Waals surface area contributed by atoms with Gasteiger partial charge in [0, 0.05) is 16.6 Å². The molecule has 0 saturated carbocycles. The van der Waals surface area contributed by atoms with Crippen molar-refractivity contribution in [3.8, 4) is 11.3 Å². The zero-order valence-corrected chi connectivity index (χ0v) is 13.6. The lowest BCUT2D eigenvalue weighted by Gasteiger charge is -2.02. The van der Waals surface area contributed by atoms with Crippen molar-refractivity contribution in [3.05, 3.63) is 65.5 Å². The molecule has 0 aliphatic carbocycles. The largest absolute Gasteiger partial charge is 0.332 e. The highest BCUT2D eigenvalue weighted by Crippen LogP contribution is 2.27. The summed E-state index contributed by atoms with van der Waals surface area (Å²) in [7, 11) is 0. The third-order valence-corrected chi connectivity index (χ3v) is 4.36. The molecule has 3 rings (SSSR count). The fourth-order valence-electron chi connectivity index (χ4n) is 2.33. The van der Waals surface area contributed by atoms with Gasteiger partial charge in [-0.05, 0) is 30.5 Å². The van der Waals surface area contributed by atoms with Crippen molar-refractivity contribution < 1.29 is 0 Å². The maximum atomic E-state index is 4.68. The van der Waals surface area contributed by atoms with Crippen molar-refractivity contribution in [1.82, 2.24) is 4.98 Å². The van der Waals surface area contributed by atoms with E-state index in [1.54, 1.807) is 11.3 Å². The van der Waals surface area contributed by atoms with E-state index < -0.39 is 0 Å². The molecule has 2 nitrogen and oxygen atoms in total. The monoisotopic (exact) mass is 308 g/mol. The molecule has 0 saturated heterocycles. The van der Waals surface area contributed by atoms with E-state index in [1.807, 2.05) is 30.3 Å². The molecule has 0 radical (unpaired) electrons. The lowest BCUT2D eigenvalue weighted by Crippen LogP contribution is -1.89. The van der Waals surface area contributed by atoms with E-state index in [9.17, 15) is 0 Å². The number of aryl methyl sites for hydroxylation is 1. The molecule has 0 aliphatic heterocycles. The summed E-state index contributed by atoms with van der Waals surface area (Å²) in [5.41, 5.74) is 4.69. The second-order valence-corrected chi connectivity index (χ2v) is 6.19. The van der Waals surface area contributed by atoms with Gasteiger partial charge in [-0.25, -0.2) is 4.98 Å². The van der Waals surface area contributed by atoms with Gasteiger partial charge < -0.3 is 5.32 Å². The summed E-state index contributed by atoms with van der Waals surface area (Å²) < 4.78 is 0. The van der Waals surface area contributed by atoms with Crippen molar-refractivity contribution >= 4 is 22.2 Å². The molecule has 0 aliphatic rings. The smallest absolute Gasteiger partial charge is 0.187 e. The Morgan fingerprint density at radius 3 is 2.50 bits per heavy atom. The maximum absolute atomic E-state index is 4.68. The van der Waals surface area contributed by atoms with E-state index in [4.69, 9.17) is 0 Å². The molecule has 2 aromatic carbocycles. The highest BCUT2D eigenvalue weighted by Gasteiger charge is 2.05. The summed E-state index contributed by atoms with van der Waals surface area (Å²) >= 11 is 1.64. The van der Waals surface area contributed by atoms with Crippen LogP contribution in [-0.4, -0.2) is 4.98 Å². The SMILES string of the molecule is CCCCc1ccc(-c2csc(Nc3ccccc3)n2)cc1. The van der Waals surface area contributed by atoms with Crippen molar-refractivity contribution in [2.24, 2.45) is 0 Å². The first-order valence-electron chi connectivity index (χ1n) is 7.72. The first-order chi connectivity index (χ1) is 10.8. The van der Waals surface area contributed by atoms with Gasteiger partial charge in [0.05, 0.1) is 5.69 Å². The minimum Gasteiger partial charge on any atom is -0.332 e. The molecule has 0 atom stereocenters. The number of hydrogen-bond acceptors (Lipinski definition) is 3. The number of nitrogens with one attached hydrogen (secondary N) is 1. The number of benzene rings is 2. The number of nitrogens with zero attached hydrogens (tertiary/aromatic N) is 1. The van der Waals surface area contributed by atoms with Gasteiger partial charge in [-0.2, -0.15) is 0 Å². The molecule has 22 heavy (non-hydrogen) atoms. The number of thiazole rings is 1. The van der Waals surface area contributed by atoms with Crippen LogP contribution in [0.15, 0.2) is 60.0 Å². The number of unbranched alkanes of at least 4 members (excludes halogenated alkanes) is 1. The summed E-state index contributed by atoms with van der Waals surface area (Å²) in [4.78, 5) is 4.68. The van der Waals surface area contributed by atoms with Crippen LogP contribution < -0.4 is 5.32 Å². The third kappa shape index (κ3) is 3.74. The predicted molar refractivity (Wildman–Crippen MR) is 95.9 cm³/mol. The summed E-state index contributed by atoms with van der Waals surface area (Å²) in [5, 5.41) is 6.37. The summed E-state index contributed by atoms with van der Waals surface area (Å²) in [5.74, 6) is 0. The van der Waals surface area contributed by atoms with Crippen LogP contribution in [0, 0.1) is 0 Å². The first kappa shape index (κ1) is 14.8. The first-order valence-corrected chi connectivity index (χ1v) is 8.60. The predicted octanol–water partition coefficient (Wildman–Crippen LogP) is 5.90. The van der Waals surface area contributed by atoms with Gasteiger partial charge in [0.25, 0.3) is 0 Å². The maximum Gasteiger partial charge on any atom is 0.187 e. The van der Waals surface area contributed by atoms with Crippen LogP contribution in [0.3, 0.4) is 0 Å². The van der Waals surface area contributed by atoms with Crippen molar-refractivity contribution in [3.63, 3.8) is 0 Å². The molecule has 1 aromatic heterocycles. The number of hydrogen-bond donors (Lipinski definition) is 1. The average Bonchev–Trinajstić information content (AvgIpc) is 3.03. The van der Waals surface area contributed by atoms with Gasteiger partial charge in [-0.1, -0.05) is 55.8 Å². The zero-order chi connectivity index (χ0) is 15.2. The summed E-state index contributed by atoms with van der Waals surface area (Å²) in [6, 6.07) is 18.9. The number of para-hydroxylation sites is 1. The Labute approximate surface area is 135 Å². The number of aromatic nitrogens is 1. The molecule has 3 aromatic rings. The Morgan fingerprint density at radius 2 is 1.77 bits per heavy atom. The molecular weight excluding hydrogens is 288 g/mol. The van der Waals surface area contributed by atoms with Gasteiger partial charge in [-0.15, -0.1) is 11.3 Å². The molecule has 0 unspecified atom stereocenters. The fraction of sp³-hybridized carbons (Fsp3) is 0.211. The molecule has 1 N–H and O–H groups in total. The van der Waals surface area contributed by atoms with Crippen molar-refractivity contribution in [2.45, 2.75) is 26.2 Å². The normalized spacial score (nSPS) is 10.6. The standard InChI is InChI=1S/C19H20N2S/c1-2-3-7-15-10-12-16(13-11-15)18-14-22-19(21-18)20-17-8-5-4-6-9-17/h4-6,8-14H,2-3,7H2,1H3,(H,20,21). The van der Waals surface area contributed by atoms with Crippen LogP contribution in [0.4, 0.5) is 10.8 Å². The molecule has 1 heterocycles. The second kappa shape index (κ2) is 7.23. The fourth-order valence-corrected chi connectivity index (χ4v) is 3.07. The Bertz CT molecular complexity index is 702. The minimum absolute atomic E-state index is 0.927. The Morgan fingerprint density at radius 1 is 1.00 bits per heavy atom. The van der Waals surface area contributed by atoms with Gasteiger partial charge in [0.2, 0.25) is 0 Å². The zero-order valence-electron chi connectivity index (χ0n) is 12.8. The highest BCUT2D eigenvalue weighted by atomic mass is 32.1. The van der Waals surface area contributed by atoms with E-state index in [2.05, 4.69) is 46.9 Å². The molecule has 0 spiro atoms. The van der Waals surface area contributed by atoms with E-state index in [0.717, 1.165) is 22.9 Å². The summed E-state index contributed by atoms with van der Waals surface area (Å²) in [6.07, 6.45) is 3.65. The number of anilines is 2. The molecular formula is C19H20N2S. The molecule has 3 heteroatoms. The Kier molecular flexibility index (Phi) is 4.86. The van der Waals surface area contributed by atoms with E-state index >= 15 is 0 Å². The van der Waals surface area contributed by atoms with Gasteiger partial charge in [0.15, 0.2) is 5.13 Å². The van der Waals surface area contributed by atoms with Crippen LogP contribution in [0.2, 0.25) is 0 Å². The van der Waals surface area contributed by atoms with Crippen LogP contribution in [0.25, 0.3) is 11.3 Å². The Balaban J connectivity index is 1.70. The lowest BCUT2D eigenvalue weighted by atomic mass is 10.1. The topological polar surface area (TPSA) is 24.9 Å². The minimum atomic E-state index is 0.927. The molecule has 0 fully saturated rings. The van der Waals surface area contributed by atoms with E-state index in [1.165, 1.54) is 24.0 Å². The molecule has 112 valence electrons. The van der Waals surface area contributed by atoms with Gasteiger partial charge in [0.1, 0.15) is 0 Å². The lowest BCUT2D eigenvalue weighted by molar-refractivity contribution is 0.795. The van der Waals surface area contributed by atoms with Crippen molar-refractivity contribution in [1.29, 1.82) is 0 Å². The second-order valence-electron chi connectivity index (χ2n) is 5.33. The van der Waals surface area contributed by atoms with E-state index in [0.29, 0.717) is 0 Å². The van der Waals surface area contributed by atoms with Crippen LogP contribution in [-0.2, 0) is 6.42 Å². The quantitative estimate of drug-likeness (QED) is 0.613. The number of rotatable bonds is 6. The molecule has 0 bridgehead atoms. The van der Waals surface area contributed by atoms with Crippen molar-refractivity contribution in [2.75, 3.05) is 5.32 Å².